The topological polar surface area (TPSA) is 91.2 Å². The van der Waals surface area contributed by atoms with E-state index in [-0.39, 0.29) is 12.0 Å². The normalized spacial score (nSPS) is 10.7. The zero-order chi connectivity index (χ0) is 19.4. The minimum absolute atomic E-state index is 0.0786. The van der Waals surface area contributed by atoms with Gasteiger partial charge >= 0.3 is 0 Å². The maximum Gasteiger partial charge on any atom is 0.255 e. The highest BCUT2D eigenvalue weighted by atomic mass is 35.5. The summed E-state index contributed by atoms with van der Waals surface area (Å²) in [5.41, 5.74) is 1.65. The Bertz CT molecular complexity index is 944. The van der Waals surface area contributed by atoms with Gasteiger partial charge in [0.1, 0.15) is 6.33 Å². The van der Waals surface area contributed by atoms with E-state index in [4.69, 9.17) is 21.1 Å². The molecule has 0 saturated heterocycles. The second-order valence-corrected chi connectivity index (χ2v) is 6.32. The van der Waals surface area contributed by atoms with Gasteiger partial charge in [-0.1, -0.05) is 17.7 Å². The molecular formula is C18H18ClN5O3. The second-order valence-electron chi connectivity index (χ2n) is 5.91. The second kappa shape index (κ2) is 8.05. The Morgan fingerprint density at radius 1 is 1.26 bits per heavy atom. The lowest BCUT2D eigenvalue weighted by Gasteiger charge is -2.16. The summed E-state index contributed by atoms with van der Waals surface area (Å²) in [5, 5.41) is 14.1. The predicted molar refractivity (Wildman–Crippen MR) is 101 cm³/mol. The molecule has 0 spiro atoms. The first kappa shape index (κ1) is 18.7. The summed E-state index contributed by atoms with van der Waals surface area (Å²) in [5.74, 6) is 0.468. The summed E-state index contributed by atoms with van der Waals surface area (Å²) >= 11 is 6.29. The van der Waals surface area contributed by atoms with Crippen molar-refractivity contribution < 1.29 is 14.3 Å². The van der Waals surface area contributed by atoms with Crippen molar-refractivity contribution >= 4 is 23.2 Å². The SMILES string of the molecule is COc1cc(C(=O)Nc2cccc(-n3cnnn3)c2)cc(Cl)c1OC(C)C. The molecule has 3 aromatic rings. The number of methoxy groups -OCH3 is 1. The number of hydrogen-bond donors (Lipinski definition) is 1. The molecule has 0 unspecified atom stereocenters. The third-order valence-corrected chi connectivity index (χ3v) is 3.84. The van der Waals surface area contributed by atoms with Crippen LogP contribution in [0.4, 0.5) is 5.69 Å². The predicted octanol–water partition coefficient (Wildman–Crippen LogP) is 3.36. The van der Waals surface area contributed by atoms with E-state index < -0.39 is 0 Å². The van der Waals surface area contributed by atoms with Gasteiger partial charge in [-0.15, -0.1) is 5.10 Å². The van der Waals surface area contributed by atoms with E-state index in [0.29, 0.717) is 33.5 Å². The number of nitrogens with zero attached hydrogens (tertiary/aromatic N) is 4. The van der Waals surface area contributed by atoms with E-state index in [1.807, 2.05) is 19.9 Å². The molecule has 27 heavy (non-hydrogen) atoms. The van der Waals surface area contributed by atoms with Crippen LogP contribution in [0.3, 0.4) is 0 Å². The van der Waals surface area contributed by atoms with Crippen molar-refractivity contribution in [3.8, 4) is 17.2 Å². The van der Waals surface area contributed by atoms with Gasteiger partial charge < -0.3 is 14.8 Å². The Balaban J connectivity index is 1.84. The molecule has 0 fully saturated rings. The zero-order valence-corrected chi connectivity index (χ0v) is 15.8. The van der Waals surface area contributed by atoms with Crippen LogP contribution in [-0.2, 0) is 0 Å². The Kier molecular flexibility index (Phi) is 5.56. The molecule has 1 amide bonds. The number of nitrogens with one attached hydrogen (secondary N) is 1. The van der Waals surface area contributed by atoms with Crippen LogP contribution >= 0.6 is 11.6 Å². The van der Waals surface area contributed by atoms with Crippen LogP contribution in [0.25, 0.3) is 5.69 Å². The fraction of sp³-hybridized carbons (Fsp3) is 0.222. The molecule has 140 valence electrons. The van der Waals surface area contributed by atoms with Crippen LogP contribution < -0.4 is 14.8 Å². The first-order valence-corrected chi connectivity index (χ1v) is 8.54. The van der Waals surface area contributed by atoms with E-state index in [1.54, 1.807) is 30.3 Å². The quantitative estimate of drug-likeness (QED) is 0.697. The van der Waals surface area contributed by atoms with Crippen molar-refractivity contribution in [1.29, 1.82) is 0 Å². The smallest absolute Gasteiger partial charge is 0.255 e. The summed E-state index contributed by atoms with van der Waals surface area (Å²) < 4.78 is 12.5. The molecule has 0 radical (unpaired) electrons. The number of anilines is 1. The average molecular weight is 388 g/mol. The molecule has 0 aliphatic rings. The largest absolute Gasteiger partial charge is 0.493 e. The molecule has 8 nitrogen and oxygen atoms in total. The van der Waals surface area contributed by atoms with Crippen LogP contribution in [0, 0.1) is 0 Å². The number of tetrazole rings is 1. The van der Waals surface area contributed by atoms with Gasteiger partial charge in [0.2, 0.25) is 0 Å². The molecule has 0 atom stereocenters. The number of hydrogen-bond acceptors (Lipinski definition) is 6. The molecular weight excluding hydrogens is 370 g/mol. The lowest BCUT2D eigenvalue weighted by Crippen LogP contribution is -2.13. The summed E-state index contributed by atoms with van der Waals surface area (Å²) in [6.07, 6.45) is 1.39. The van der Waals surface area contributed by atoms with E-state index in [0.717, 1.165) is 0 Å². The van der Waals surface area contributed by atoms with Gasteiger partial charge in [-0.05, 0) is 54.6 Å². The van der Waals surface area contributed by atoms with E-state index in [9.17, 15) is 4.79 Å². The number of aromatic nitrogens is 4. The molecule has 9 heteroatoms. The Labute approximate surface area is 161 Å². The van der Waals surface area contributed by atoms with E-state index in [2.05, 4.69) is 20.8 Å². The fourth-order valence-corrected chi connectivity index (χ4v) is 2.67. The minimum atomic E-state index is -0.333. The number of benzene rings is 2. The molecule has 0 aliphatic carbocycles. The van der Waals surface area contributed by atoms with Crippen LogP contribution in [0.15, 0.2) is 42.7 Å². The van der Waals surface area contributed by atoms with Gasteiger partial charge in [0, 0.05) is 11.3 Å². The van der Waals surface area contributed by atoms with Crippen LogP contribution in [-0.4, -0.2) is 39.3 Å². The highest BCUT2D eigenvalue weighted by Gasteiger charge is 2.17. The van der Waals surface area contributed by atoms with Crippen molar-refractivity contribution in [3.63, 3.8) is 0 Å². The Morgan fingerprint density at radius 2 is 2.07 bits per heavy atom. The van der Waals surface area contributed by atoms with Gasteiger partial charge in [0.25, 0.3) is 5.91 Å². The summed E-state index contributed by atoms with van der Waals surface area (Å²) in [4.78, 5) is 12.7. The maximum absolute atomic E-state index is 12.7. The molecule has 2 aromatic carbocycles. The van der Waals surface area contributed by atoms with Gasteiger partial charge in [-0.2, -0.15) is 0 Å². The molecule has 0 aliphatic heterocycles. The number of amides is 1. The highest BCUT2D eigenvalue weighted by Crippen LogP contribution is 2.37. The molecule has 1 N–H and O–H groups in total. The van der Waals surface area contributed by atoms with Crippen molar-refractivity contribution in [2.45, 2.75) is 20.0 Å². The van der Waals surface area contributed by atoms with E-state index in [1.165, 1.54) is 18.1 Å². The van der Waals surface area contributed by atoms with Crippen molar-refractivity contribution in [3.05, 3.63) is 53.3 Å². The fourth-order valence-electron chi connectivity index (χ4n) is 2.41. The lowest BCUT2D eigenvalue weighted by molar-refractivity contribution is 0.102. The molecule has 1 aromatic heterocycles. The van der Waals surface area contributed by atoms with Gasteiger partial charge in [-0.25, -0.2) is 4.68 Å². The van der Waals surface area contributed by atoms with E-state index >= 15 is 0 Å². The summed E-state index contributed by atoms with van der Waals surface area (Å²) in [6.45, 7) is 3.77. The van der Waals surface area contributed by atoms with Crippen LogP contribution in [0.1, 0.15) is 24.2 Å². The molecule has 0 bridgehead atoms. The first-order chi connectivity index (χ1) is 13.0. The third kappa shape index (κ3) is 4.35. The number of ether oxygens (including phenoxy) is 2. The lowest BCUT2D eigenvalue weighted by atomic mass is 10.1. The van der Waals surface area contributed by atoms with Gasteiger partial charge in [0.05, 0.1) is 23.9 Å². The van der Waals surface area contributed by atoms with Crippen LogP contribution in [0.5, 0.6) is 11.5 Å². The Morgan fingerprint density at radius 3 is 2.74 bits per heavy atom. The van der Waals surface area contributed by atoms with Gasteiger partial charge in [-0.3, -0.25) is 4.79 Å². The average Bonchev–Trinajstić information content (AvgIpc) is 3.18. The highest BCUT2D eigenvalue weighted by molar-refractivity contribution is 6.32. The summed E-state index contributed by atoms with van der Waals surface area (Å²) in [7, 11) is 1.50. The minimum Gasteiger partial charge on any atom is -0.493 e. The summed E-state index contributed by atoms with van der Waals surface area (Å²) in [6, 6.07) is 10.3. The maximum atomic E-state index is 12.7. The Hall–Kier alpha value is -3.13. The molecule has 0 saturated carbocycles. The molecule has 1 heterocycles. The van der Waals surface area contributed by atoms with Crippen LogP contribution in [0.2, 0.25) is 5.02 Å². The zero-order valence-electron chi connectivity index (χ0n) is 15.0. The molecule has 3 rings (SSSR count). The van der Waals surface area contributed by atoms with Crippen molar-refractivity contribution in [2.75, 3.05) is 12.4 Å². The van der Waals surface area contributed by atoms with Gasteiger partial charge in [0.15, 0.2) is 11.5 Å². The van der Waals surface area contributed by atoms with Crippen molar-refractivity contribution in [2.24, 2.45) is 0 Å². The number of halogens is 1. The standard InChI is InChI=1S/C18H18ClN5O3/c1-11(2)27-17-15(19)7-12(8-16(17)26-3)18(25)21-13-5-4-6-14(9-13)24-10-20-22-23-24/h4-11H,1-3H3,(H,21,25). The monoisotopic (exact) mass is 387 g/mol. The first-order valence-electron chi connectivity index (χ1n) is 8.17. The third-order valence-electron chi connectivity index (χ3n) is 3.56. The number of carbonyl (C=O) groups is 1. The van der Waals surface area contributed by atoms with Crippen molar-refractivity contribution in [1.82, 2.24) is 20.2 Å². The number of carbonyl (C=O) groups excluding carboxylic acids is 1. The number of rotatable bonds is 6.